The summed E-state index contributed by atoms with van der Waals surface area (Å²) >= 11 is 2.68. The third kappa shape index (κ3) is 5.31. The highest BCUT2D eigenvalue weighted by Crippen LogP contribution is 2.27. The summed E-state index contributed by atoms with van der Waals surface area (Å²) in [5.74, 6) is 0.0133. The predicted octanol–water partition coefficient (Wildman–Crippen LogP) is 2.74. The molecule has 0 aliphatic carbocycles. The minimum Gasteiger partial charge on any atom is -0.374 e. The Morgan fingerprint density at radius 2 is 2.05 bits per heavy atom. The zero-order valence-corrected chi connectivity index (χ0v) is 14.3. The fraction of sp³-hybridized carbons (Fsp3) is 0.400. The van der Waals surface area contributed by atoms with Crippen LogP contribution in [0.1, 0.15) is 25.8 Å². The molecule has 2 atom stereocenters. The van der Waals surface area contributed by atoms with Crippen LogP contribution in [0.25, 0.3) is 0 Å². The van der Waals surface area contributed by atoms with Crippen molar-refractivity contribution in [3.05, 3.63) is 35.9 Å². The molecular weight excluding hydrogens is 316 g/mol. The Morgan fingerprint density at radius 3 is 2.68 bits per heavy atom. The number of nitrogen functional groups attached to an aromatic ring is 1. The molecule has 0 aliphatic rings. The standard InChI is InChI=1S/C15H20N4OS2/c1-10(8-9-12-6-4-3-5-7-12)17-13(20)11(2)21-15-19-18-14(16)22-15/h3-7,10-11H,8-9H2,1-2H3,(H2,16,18)(H,17,20)/t10-,11+/m1/s1. The minimum atomic E-state index is -0.216. The van der Waals surface area contributed by atoms with Crippen LogP contribution in [-0.4, -0.2) is 27.4 Å². The van der Waals surface area contributed by atoms with Gasteiger partial charge in [-0.2, -0.15) is 0 Å². The molecule has 2 aromatic rings. The number of nitrogens with zero attached hydrogens (tertiary/aromatic N) is 2. The third-order valence-corrected chi connectivity index (χ3v) is 5.10. The smallest absolute Gasteiger partial charge is 0.233 e. The molecule has 0 radical (unpaired) electrons. The number of amides is 1. The average molecular weight is 336 g/mol. The molecule has 1 aromatic carbocycles. The van der Waals surface area contributed by atoms with Crippen molar-refractivity contribution in [3.8, 4) is 0 Å². The summed E-state index contributed by atoms with van der Waals surface area (Å²) in [5.41, 5.74) is 6.82. The maximum absolute atomic E-state index is 12.2. The first-order valence-corrected chi connectivity index (χ1v) is 8.84. The van der Waals surface area contributed by atoms with Gasteiger partial charge in [0.2, 0.25) is 11.0 Å². The lowest BCUT2D eigenvalue weighted by Gasteiger charge is -2.16. The third-order valence-electron chi connectivity index (χ3n) is 3.17. The van der Waals surface area contributed by atoms with Gasteiger partial charge >= 0.3 is 0 Å². The highest BCUT2D eigenvalue weighted by Gasteiger charge is 2.18. The molecule has 0 spiro atoms. The van der Waals surface area contributed by atoms with E-state index in [1.165, 1.54) is 28.7 Å². The van der Waals surface area contributed by atoms with Gasteiger partial charge in [-0.3, -0.25) is 4.79 Å². The summed E-state index contributed by atoms with van der Waals surface area (Å²) in [6.07, 6.45) is 1.87. The zero-order chi connectivity index (χ0) is 15.9. The lowest BCUT2D eigenvalue weighted by molar-refractivity contribution is -0.120. The van der Waals surface area contributed by atoms with Crippen molar-refractivity contribution in [3.63, 3.8) is 0 Å². The van der Waals surface area contributed by atoms with Crippen LogP contribution in [0.4, 0.5) is 5.13 Å². The zero-order valence-electron chi connectivity index (χ0n) is 12.7. The van der Waals surface area contributed by atoms with E-state index in [0.717, 1.165) is 17.2 Å². The van der Waals surface area contributed by atoms with Crippen molar-refractivity contribution >= 4 is 34.1 Å². The van der Waals surface area contributed by atoms with E-state index in [2.05, 4.69) is 27.6 Å². The van der Waals surface area contributed by atoms with Crippen LogP contribution in [0.15, 0.2) is 34.7 Å². The van der Waals surface area contributed by atoms with Gasteiger partial charge in [-0.25, -0.2) is 0 Å². The van der Waals surface area contributed by atoms with Gasteiger partial charge in [0.05, 0.1) is 5.25 Å². The second kappa shape index (κ2) is 8.14. The molecule has 0 bridgehead atoms. The van der Waals surface area contributed by atoms with Crippen LogP contribution in [-0.2, 0) is 11.2 Å². The van der Waals surface area contributed by atoms with Gasteiger partial charge in [0.1, 0.15) is 0 Å². The highest BCUT2D eigenvalue weighted by molar-refractivity contribution is 8.02. The monoisotopic (exact) mass is 336 g/mol. The molecule has 22 heavy (non-hydrogen) atoms. The first-order valence-electron chi connectivity index (χ1n) is 7.14. The maximum atomic E-state index is 12.2. The van der Waals surface area contributed by atoms with Gasteiger partial charge in [-0.05, 0) is 32.3 Å². The Hall–Kier alpha value is -1.60. The van der Waals surface area contributed by atoms with E-state index in [-0.39, 0.29) is 17.2 Å². The topological polar surface area (TPSA) is 80.9 Å². The van der Waals surface area contributed by atoms with Crippen LogP contribution in [0, 0.1) is 0 Å². The van der Waals surface area contributed by atoms with Crippen molar-refractivity contribution < 1.29 is 4.79 Å². The van der Waals surface area contributed by atoms with Crippen LogP contribution in [0.5, 0.6) is 0 Å². The number of aryl methyl sites for hydroxylation is 1. The van der Waals surface area contributed by atoms with Gasteiger partial charge < -0.3 is 11.1 Å². The summed E-state index contributed by atoms with van der Waals surface area (Å²) in [4.78, 5) is 12.2. The molecule has 0 fully saturated rings. The molecule has 0 aliphatic heterocycles. The molecular formula is C15H20N4OS2. The van der Waals surface area contributed by atoms with E-state index in [4.69, 9.17) is 5.73 Å². The van der Waals surface area contributed by atoms with E-state index < -0.39 is 0 Å². The van der Waals surface area contributed by atoms with Crippen LogP contribution in [0.2, 0.25) is 0 Å². The summed E-state index contributed by atoms with van der Waals surface area (Å²) in [5, 5.41) is 10.9. The Labute approximate surface area is 138 Å². The molecule has 0 saturated heterocycles. The number of hydrogen-bond donors (Lipinski definition) is 2. The Bertz CT molecular complexity index is 603. The van der Waals surface area contributed by atoms with Crippen molar-refractivity contribution in [2.24, 2.45) is 0 Å². The number of rotatable bonds is 7. The molecule has 3 N–H and O–H groups in total. The van der Waals surface area contributed by atoms with Gasteiger partial charge in [-0.15, -0.1) is 10.2 Å². The summed E-state index contributed by atoms with van der Waals surface area (Å²) in [6.45, 7) is 3.89. The number of anilines is 1. The fourth-order valence-corrected chi connectivity index (χ4v) is 3.72. The number of thioether (sulfide) groups is 1. The number of nitrogens with two attached hydrogens (primary N) is 1. The number of hydrogen-bond acceptors (Lipinski definition) is 6. The van der Waals surface area contributed by atoms with Crippen molar-refractivity contribution in [1.29, 1.82) is 0 Å². The van der Waals surface area contributed by atoms with Crippen molar-refractivity contribution in [1.82, 2.24) is 15.5 Å². The first-order chi connectivity index (χ1) is 10.5. The van der Waals surface area contributed by atoms with Crippen molar-refractivity contribution in [2.75, 3.05) is 5.73 Å². The molecule has 0 saturated carbocycles. The molecule has 1 amide bonds. The number of benzene rings is 1. The van der Waals surface area contributed by atoms with E-state index in [0.29, 0.717) is 5.13 Å². The van der Waals surface area contributed by atoms with E-state index in [9.17, 15) is 4.79 Å². The van der Waals surface area contributed by atoms with E-state index in [1.807, 2.05) is 32.0 Å². The van der Waals surface area contributed by atoms with Gasteiger partial charge in [0.15, 0.2) is 4.34 Å². The highest BCUT2D eigenvalue weighted by atomic mass is 32.2. The molecule has 1 heterocycles. The van der Waals surface area contributed by atoms with Gasteiger partial charge in [0.25, 0.3) is 0 Å². The van der Waals surface area contributed by atoms with Gasteiger partial charge in [0, 0.05) is 6.04 Å². The quantitative estimate of drug-likeness (QED) is 0.760. The maximum Gasteiger partial charge on any atom is 0.233 e. The van der Waals surface area contributed by atoms with E-state index in [1.54, 1.807) is 0 Å². The molecule has 118 valence electrons. The van der Waals surface area contributed by atoms with Gasteiger partial charge in [-0.1, -0.05) is 53.4 Å². The number of nitrogens with one attached hydrogen (secondary N) is 1. The second-order valence-electron chi connectivity index (χ2n) is 5.10. The van der Waals surface area contributed by atoms with Crippen molar-refractivity contribution in [2.45, 2.75) is 42.3 Å². The molecule has 7 heteroatoms. The molecule has 1 aromatic heterocycles. The summed E-state index contributed by atoms with van der Waals surface area (Å²) in [7, 11) is 0. The number of carbonyl (C=O) groups excluding carboxylic acids is 1. The minimum absolute atomic E-state index is 0.0133. The van der Waals surface area contributed by atoms with Crippen LogP contribution < -0.4 is 11.1 Å². The molecule has 0 unspecified atom stereocenters. The summed E-state index contributed by atoms with van der Waals surface area (Å²) < 4.78 is 0.720. The second-order valence-corrected chi connectivity index (χ2v) is 7.70. The Morgan fingerprint density at radius 1 is 1.32 bits per heavy atom. The lowest BCUT2D eigenvalue weighted by Crippen LogP contribution is -2.37. The predicted molar refractivity (Wildman–Crippen MR) is 92.0 cm³/mol. The Kier molecular flexibility index (Phi) is 6.21. The Balaban J connectivity index is 1.75. The number of carbonyl (C=O) groups is 1. The normalized spacial score (nSPS) is 13.5. The first kappa shape index (κ1) is 16.8. The molecule has 5 nitrogen and oxygen atoms in total. The van der Waals surface area contributed by atoms with Crippen LogP contribution >= 0.6 is 23.1 Å². The average Bonchev–Trinajstić information content (AvgIpc) is 2.91. The largest absolute Gasteiger partial charge is 0.374 e. The number of aromatic nitrogens is 2. The molecule has 2 rings (SSSR count). The van der Waals surface area contributed by atoms with Crippen LogP contribution in [0.3, 0.4) is 0 Å². The van der Waals surface area contributed by atoms with E-state index >= 15 is 0 Å². The SMILES string of the molecule is C[C@H](CCc1ccccc1)NC(=O)[C@H](C)Sc1nnc(N)s1. The summed E-state index contributed by atoms with van der Waals surface area (Å²) in [6, 6.07) is 10.4. The fourth-order valence-electron chi connectivity index (χ4n) is 1.93. The lowest BCUT2D eigenvalue weighted by atomic mass is 10.1.